The molecule has 30 heavy (non-hydrogen) atoms. The predicted molar refractivity (Wildman–Crippen MR) is 106 cm³/mol. The first-order valence-corrected chi connectivity index (χ1v) is 9.97. The number of aryl methyl sites for hydroxylation is 1. The number of ether oxygens (including phenoxy) is 1. The highest BCUT2D eigenvalue weighted by atomic mass is 32.2. The number of para-hydroxylation sites is 1. The molecule has 4 rings (SSSR count). The van der Waals surface area contributed by atoms with Crippen LogP contribution in [-0.4, -0.2) is 24.8 Å². The van der Waals surface area contributed by atoms with Gasteiger partial charge in [-0.15, -0.1) is 0 Å². The van der Waals surface area contributed by atoms with Gasteiger partial charge >= 0.3 is 18.2 Å². The number of esters is 1. The molecule has 9 heteroatoms. The average molecular weight is 434 g/mol. The van der Waals surface area contributed by atoms with Crippen LogP contribution in [0.1, 0.15) is 18.1 Å². The van der Waals surface area contributed by atoms with E-state index in [0.717, 1.165) is 22.2 Å². The second kappa shape index (κ2) is 7.09. The van der Waals surface area contributed by atoms with Gasteiger partial charge in [0.15, 0.2) is 5.54 Å². The van der Waals surface area contributed by atoms with Crippen molar-refractivity contribution >= 4 is 29.4 Å². The molecule has 0 saturated heterocycles. The molecular formula is C21H17F3N2O3S. The zero-order valence-electron chi connectivity index (χ0n) is 16.0. The second-order valence-corrected chi connectivity index (χ2v) is 7.88. The summed E-state index contributed by atoms with van der Waals surface area (Å²) in [7, 11) is 0. The van der Waals surface area contributed by atoms with Crippen LogP contribution in [0.15, 0.2) is 64.0 Å². The number of hydrogen-bond donors (Lipinski definition) is 1. The average Bonchev–Trinajstić information content (AvgIpc) is 3.07. The number of anilines is 1. The number of thioether (sulfide) groups is 1. The molecule has 156 valence electrons. The number of hydrogen-bond acceptors (Lipinski definition) is 4. The van der Waals surface area contributed by atoms with E-state index in [1.807, 2.05) is 0 Å². The number of nitrogens with zero attached hydrogens (tertiary/aromatic N) is 1. The lowest BCUT2D eigenvalue weighted by molar-refractivity contribution is -0.190. The zero-order valence-corrected chi connectivity index (χ0v) is 16.9. The first kappa shape index (κ1) is 20.3. The minimum Gasteiger partial charge on any atom is -0.462 e. The molecule has 1 atom stereocenters. The number of rotatable bonds is 3. The van der Waals surface area contributed by atoms with Crippen LogP contribution in [0.25, 0.3) is 0 Å². The second-order valence-electron chi connectivity index (χ2n) is 6.85. The van der Waals surface area contributed by atoms with Crippen molar-refractivity contribution < 1.29 is 27.5 Å². The molecule has 0 aliphatic carbocycles. The van der Waals surface area contributed by atoms with Crippen molar-refractivity contribution in [3.63, 3.8) is 0 Å². The van der Waals surface area contributed by atoms with E-state index in [2.05, 4.69) is 5.32 Å². The van der Waals surface area contributed by atoms with Gasteiger partial charge in [-0.3, -0.25) is 4.90 Å². The topological polar surface area (TPSA) is 58.6 Å². The molecule has 0 fully saturated rings. The van der Waals surface area contributed by atoms with Gasteiger partial charge in [0.25, 0.3) is 0 Å². The Balaban J connectivity index is 2.05. The van der Waals surface area contributed by atoms with Crippen LogP contribution < -0.4 is 10.2 Å². The molecule has 0 aromatic heterocycles. The van der Waals surface area contributed by atoms with E-state index < -0.39 is 29.3 Å². The fourth-order valence-corrected chi connectivity index (χ4v) is 4.86. The lowest BCUT2D eigenvalue weighted by Crippen LogP contribution is -2.64. The Kier molecular flexibility index (Phi) is 4.80. The van der Waals surface area contributed by atoms with Crippen LogP contribution in [0.3, 0.4) is 0 Å². The molecule has 0 saturated carbocycles. The van der Waals surface area contributed by atoms with Crippen molar-refractivity contribution in [2.45, 2.75) is 30.5 Å². The molecule has 0 unspecified atom stereocenters. The van der Waals surface area contributed by atoms with Crippen LogP contribution in [0, 0.1) is 6.92 Å². The van der Waals surface area contributed by atoms with Crippen LogP contribution >= 0.6 is 11.8 Å². The van der Waals surface area contributed by atoms with Gasteiger partial charge in [0, 0.05) is 4.90 Å². The summed E-state index contributed by atoms with van der Waals surface area (Å²) in [5.74, 6) is -1.13. The summed E-state index contributed by atoms with van der Waals surface area (Å²) in [6, 6.07) is 11.3. The number of urea groups is 1. The van der Waals surface area contributed by atoms with E-state index in [9.17, 15) is 22.8 Å². The van der Waals surface area contributed by atoms with Gasteiger partial charge in [0.05, 0.1) is 12.3 Å². The maximum Gasteiger partial charge on any atom is 0.420 e. The van der Waals surface area contributed by atoms with Gasteiger partial charge in [-0.05, 0) is 31.5 Å². The van der Waals surface area contributed by atoms with E-state index >= 15 is 0 Å². The number of halogens is 3. The van der Waals surface area contributed by atoms with Gasteiger partial charge in [0.1, 0.15) is 10.6 Å². The van der Waals surface area contributed by atoms with Gasteiger partial charge in [0.2, 0.25) is 0 Å². The number of amides is 2. The van der Waals surface area contributed by atoms with Gasteiger partial charge in [-0.25, -0.2) is 9.59 Å². The molecule has 1 N–H and O–H groups in total. The molecule has 0 radical (unpaired) electrons. The van der Waals surface area contributed by atoms with E-state index in [4.69, 9.17) is 4.74 Å². The molecule has 2 aromatic rings. The lowest BCUT2D eigenvalue weighted by Gasteiger charge is -2.43. The molecule has 2 amide bonds. The van der Waals surface area contributed by atoms with Crippen LogP contribution in [0.2, 0.25) is 0 Å². The van der Waals surface area contributed by atoms with Crippen LogP contribution in [-0.2, 0) is 15.1 Å². The van der Waals surface area contributed by atoms with Crippen molar-refractivity contribution in [1.29, 1.82) is 0 Å². The maximum absolute atomic E-state index is 14.7. The number of fused-ring (bicyclic) bond motifs is 3. The standard InChI is InChI=1S/C21H17F3N2O3S/c1-3-29-18(27)16-17-26(14-6-4-5-7-15(14)30-17)19(28)25-20(16,21(22,23)24)13-10-8-12(2)9-11-13/h4-11H,3H2,1-2H3,(H,25,28)/t20-/m1/s1. The summed E-state index contributed by atoms with van der Waals surface area (Å²) in [5.41, 5.74) is -2.79. The minimum absolute atomic E-state index is 0.101. The fourth-order valence-electron chi connectivity index (χ4n) is 3.63. The summed E-state index contributed by atoms with van der Waals surface area (Å²) in [6.45, 7) is 3.14. The third-order valence-corrected chi connectivity index (χ3v) is 6.14. The third-order valence-electron chi connectivity index (χ3n) is 4.99. The Hall–Kier alpha value is -2.94. The van der Waals surface area contributed by atoms with Crippen molar-refractivity contribution in [3.8, 4) is 0 Å². The van der Waals surface area contributed by atoms with Crippen molar-refractivity contribution in [2.75, 3.05) is 11.5 Å². The normalized spacial score (nSPS) is 20.6. The molecule has 2 heterocycles. The number of alkyl halides is 3. The highest BCUT2D eigenvalue weighted by Crippen LogP contribution is 2.56. The molecule has 2 aliphatic rings. The summed E-state index contributed by atoms with van der Waals surface area (Å²) in [4.78, 5) is 27.6. The summed E-state index contributed by atoms with van der Waals surface area (Å²) in [6.07, 6.45) is -5.01. The Morgan fingerprint density at radius 1 is 1.17 bits per heavy atom. The molecule has 2 aliphatic heterocycles. The van der Waals surface area contributed by atoms with E-state index in [-0.39, 0.29) is 17.2 Å². The van der Waals surface area contributed by atoms with E-state index in [0.29, 0.717) is 10.6 Å². The Morgan fingerprint density at radius 2 is 1.83 bits per heavy atom. The van der Waals surface area contributed by atoms with Crippen LogP contribution in [0.5, 0.6) is 0 Å². The summed E-state index contributed by atoms with van der Waals surface area (Å²) < 4.78 is 49.2. The predicted octanol–water partition coefficient (Wildman–Crippen LogP) is 4.86. The first-order chi connectivity index (χ1) is 14.2. The Labute approximate surface area is 174 Å². The molecule has 0 spiro atoms. The molecule has 0 bridgehead atoms. The monoisotopic (exact) mass is 434 g/mol. The largest absolute Gasteiger partial charge is 0.462 e. The zero-order chi connectivity index (χ0) is 21.7. The van der Waals surface area contributed by atoms with Crippen molar-refractivity contribution in [2.24, 2.45) is 0 Å². The SMILES string of the molecule is CCOC(=O)C1=C2Sc3ccccc3N2C(=O)N[C@@]1(c1ccc(C)cc1)C(F)(F)F. The van der Waals surface area contributed by atoms with Crippen LogP contribution in [0.4, 0.5) is 23.7 Å². The summed E-state index contributed by atoms with van der Waals surface area (Å²) in [5, 5.41) is 2.00. The minimum atomic E-state index is -5.01. The first-order valence-electron chi connectivity index (χ1n) is 9.15. The summed E-state index contributed by atoms with van der Waals surface area (Å²) >= 11 is 0.946. The van der Waals surface area contributed by atoms with Crippen molar-refractivity contribution in [1.82, 2.24) is 5.32 Å². The molecular weight excluding hydrogens is 417 g/mol. The number of carbonyl (C=O) groups excluding carboxylic acids is 2. The third kappa shape index (κ3) is 2.87. The smallest absolute Gasteiger partial charge is 0.420 e. The highest BCUT2D eigenvalue weighted by Gasteiger charge is 2.66. The lowest BCUT2D eigenvalue weighted by atomic mass is 9.80. The fraction of sp³-hybridized carbons (Fsp3) is 0.238. The van der Waals surface area contributed by atoms with Crippen molar-refractivity contribution in [3.05, 3.63) is 70.3 Å². The van der Waals surface area contributed by atoms with Gasteiger partial charge in [-0.1, -0.05) is 53.7 Å². The molecule has 2 aromatic carbocycles. The number of carbonyl (C=O) groups is 2. The van der Waals surface area contributed by atoms with Gasteiger partial charge in [-0.2, -0.15) is 13.2 Å². The Bertz CT molecular complexity index is 1070. The maximum atomic E-state index is 14.7. The number of nitrogens with one attached hydrogen (secondary N) is 1. The highest BCUT2D eigenvalue weighted by molar-refractivity contribution is 8.03. The number of benzene rings is 2. The van der Waals surface area contributed by atoms with Gasteiger partial charge < -0.3 is 10.1 Å². The molecule has 5 nitrogen and oxygen atoms in total. The van der Waals surface area contributed by atoms with E-state index in [1.54, 1.807) is 31.2 Å². The Morgan fingerprint density at radius 3 is 2.47 bits per heavy atom. The quantitative estimate of drug-likeness (QED) is 0.701. The van der Waals surface area contributed by atoms with E-state index in [1.165, 1.54) is 31.2 Å².